The molecule has 0 amide bonds. The second-order valence-electron chi connectivity index (χ2n) is 13.6. The van der Waals surface area contributed by atoms with E-state index in [1.807, 2.05) is 66.4 Å². The number of hydrogen-bond acceptors (Lipinski definition) is 7. The number of benzene rings is 5. The van der Waals surface area contributed by atoms with Crippen LogP contribution in [0.2, 0.25) is 0 Å². The Labute approximate surface area is 356 Å². The van der Waals surface area contributed by atoms with Crippen LogP contribution in [0.25, 0.3) is 0 Å². The van der Waals surface area contributed by atoms with Gasteiger partial charge in [0.25, 0.3) is 0 Å². The zero-order chi connectivity index (χ0) is 40.5. The molecule has 0 saturated heterocycles. The fourth-order valence-electron chi connectivity index (χ4n) is 6.31. The largest absolute Gasteiger partial charge is 0.493 e. The third-order valence-electron chi connectivity index (χ3n) is 9.33. The number of rotatable bonds is 18. The van der Waals surface area contributed by atoms with E-state index in [0.29, 0.717) is 33.9 Å². The highest BCUT2D eigenvalue weighted by molar-refractivity contribution is 9.09. The van der Waals surface area contributed by atoms with Crippen molar-refractivity contribution in [2.45, 2.75) is 83.4 Å². The van der Waals surface area contributed by atoms with Gasteiger partial charge in [0.15, 0.2) is 23.0 Å². The molecule has 0 radical (unpaired) electrons. The van der Waals surface area contributed by atoms with E-state index in [4.69, 9.17) is 30.5 Å². The molecule has 0 spiro atoms. The van der Waals surface area contributed by atoms with E-state index in [0.717, 1.165) is 39.5 Å². The first-order chi connectivity index (χ1) is 27.1. The molecule has 0 aliphatic heterocycles. The number of ether oxygens (including phenoxy) is 4. The molecule has 0 heterocycles. The lowest BCUT2D eigenvalue weighted by Crippen LogP contribution is -2.24. The average Bonchev–Trinajstić information content (AvgIpc) is 3.22. The smallest absolute Gasteiger partial charge is 0.166 e. The van der Waals surface area contributed by atoms with Crippen molar-refractivity contribution in [1.82, 2.24) is 0 Å². The van der Waals surface area contributed by atoms with Crippen LogP contribution in [0, 0.1) is 25.2 Å². The van der Waals surface area contributed by atoms with Gasteiger partial charge in [-0.15, -0.1) is 23.4 Å². The lowest BCUT2D eigenvalue weighted by molar-refractivity contribution is 0.350. The minimum atomic E-state index is -0.917. The summed E-state index contributed by atoms with van der Waals surface area (Å²) in [7, 11) is 6.58. The topological polar surface area (TPSA) is 60.7 Å². The molecule has 0 aromatic heterocycles. The van der Waals surface area contributed by atoms with Crippen molar-refractivity contribution < 1.29 is 18.9 Å². The number of nitriles is 1. The van der Waals surface area contributed by atoms with Gasteiger partial charge in [0, 0.05) is 37.7 Å². The minimum absolute atomic E-state index is 0.406. The number of aryl methyl sites for hydroxylation is 2. The van der Waals surface area contributed by atoms with Crippen LogP contribution in [0.15, 0.2) is 119 Å². The molecular weight excluding hydrogens is 822 g/mol. The maximum Gasteiger partial charge on any atom is 0.166 e. The van der Waals surface area contributed by atoms with Gasteiger partial charge in [0.05, 0.1) is 34.5 Å². The maximum absolute atomic E-state index is 10.5. The number of nitrogens with zero attached hydrogens (tertiary/aromatic N) is 1. The number of halogens is 2. The molecule has 5 rings (SSSR count). The summed E-state index contributed by atoms with van der Waals surface area (Å²) in [5, 5.41) is 10.9. The van der Waals surface area contributed by atoms with E-state index >= 15 is 0 Å². The van der Waals surface area contributed by atoms with E-state index in [1.54, 1.807) is 28.4 Å². The Hall–Kier alpha value is -3.74. The van der Waals surface area contributed by atoms with Crippen molar-refractivity contribution in [3.05, 3.63) is 143 Å². The Balaban J connectivity index is 0.000000251. The molecule has 3 unspecified atom stereocenters. The lowest BCUT2D eigenvalue weighted by Gasteiger charge is -2.29. The van der Waals surface area contributed by atoms with E-state index in [1.165, 1.54) is 52.6 Å². The molecule has 3 atom stereocenters. The van der Waals surface area contributed by atoms with Crippen LogP contribution in [-0.2, 0) is 17.0 Å². The quantitative estimate of drug-likeness (QED) is 0.0494. The zero-order valence-electron chi connectivity index (χ0n) is 33.4. The lowest BCUT2D eigenvalue weighted by atomic mass is 9.90. The molecule has 0 bridgehead atoms. The standard InChI is InChI=1S/C25H24ClNO2S.C22H29BrO2S/c1-18-10-12-21(13-11-18)30-25(17-27,15-19-6-4-7-20(14-19)16-26)22-8-5-9-23(28-2)24(22)29-3;1-16-9-12-19(13-10-16)26-22(8-6-5-7-17(2)23)18-11-14-20(24-3)21(15-18)25-4/h4-14H,15-16H2,1-3H3;9-15,17,22H,5-8H2,1-4H3. The van der Waals surface area contributed by atoms with Gasteiger partial charge in [-0.1, -0.05) is 125 Å². The van der Waals surface area contributed by atoms with Crippen molar-refractivity contribution >= 4 is 51.1 Å². The van der Waals surface area contributed by atoms with Crippen molar-refractivity contribution in [3.8, 4) is 29.1 Å². The van der Waals surface area contributed by atoms with E-state index in [2.05, 4.69) is 97.4 Å². The molecule has 0 aliphatic rings. The number of methoxy groups -OCH3 is 4. The normalized spacial score (nSPS) is 12.9. The van der Waals surface area contributed by atoms with Crippen LogP contribution in [0.3, 0.4) is 0 Å². The molecule has 5 nitrogen and oxygen atoms in total. The summed E-state index contributed by atoms with van der Waals surface area (Å²) >= 11 is 13.2. The average molecular weight is 875 g/mol. The minimum Gasteiger partial charge on any atom is -0.493 e. The van der Waals surface area contributed by atoms with Crippen LogP contribution in [-0.4, -0.2) is 33.3 Å². The van der Waals surface area contributed by atoms with Crippen LogP contribution in [0.4, 0.5) is 0 Å². The highest BCUT2D eigenvalue weighted by atomic mass is 79.9. The third-order valence-corrected chi connectivity index (χ3v) is 12.7. The summed E-state index contributed by atoms with van der Waals surface area (Å²) in [6.45, 7) is 6.39. The van der Waals surface area contributed by atoms with Gasteiger partial charge in [-0.2, -0.15) is 5.26 Å². The Kier molecular flexibility index (Phi) is 18.4. The second-order valence-corrected chi connectivity index (χ2v) is 18.1. The highest BCUT2D eigenvalue weighted by Gasteiger charge is 2.38. The van der Waals surface area contributed by atoms with Gasteiger partial charge >= 0.3 is 0 Å². The van der Waals surface area contributed by atoms with Gasteiger partial charge in [-0.05, 0) is 85.8 Å². The summed E-state index contributed by atoms with van der Waals surface area (Å²) in [6.07, 6.45) is 5.32. The van der Waals surface area contributed by atoms with E-state index in [-0.39, 0.29) is 0 Å². The summed E-state index contributed by atoms with van der Waals surface area (Å²) in [4.78, 5) is 2.91. The molecule has 0 saturated carbocycles. The molecule has 5 aromatic carbocycles. The molecule has 5 aromatic rings. The van der Waals surface area contributed by atoms with Crippen molar-refractivity contribution in [2.75, 3.05) is 28.4 Å². The number of unbranched alkanes of at least 4 members (excludes halogenated alkanes) is 1. The van der Waals surface area contributed by atoms with Crippen molar-refractivity contribution in [1.29, 1.82) is 5.26 Å². The Morgan fingerprint density at radius 3 is 1.89 bits per heavy atom. The first-order valence-corrected chi connectivity index (χ1v) is 21.8. The number of alkyl halides is 2. The second kappa shape index (κ2) is 22.9. The Bertz CT molecular complexity index is 2000. The highest BCUT2D eigenvalue weighted by Crippen LogP contribution is 2.49. The number of hydrogen-bond donors (Lipinski definition) is 0. The SMILES string of the molecule is COc1ccc(C(CCCCC(C)Br)Sc2ccc(C)cc2)cc1OC.COc1cccc(C(C#N)(Cc2cccc(CCl)c2)Sc2ccc(C)cc2)c1OC. The van der Waals surface area contributed by atoms with Crippen molar-refractivity contribution in [3.63, 3.8) is 0 Å². The van der Waals surface area contributed by atoms with Crippen LogP contribution in [0.1, 0.15) is 71.2 Å². The summed E-state index contributed by atoms with van der Waals surface area (Å²) < 4.78 is 21.2. The molecule has 0 aliphatic carbocycles. The predicted octanol–water partition coefficient (Wildman–Crippen LogP) is 13.7. The summed E-state index contributed by atoms with van der Waals surface area (Å²) in [6, 6.07) is 39.7. The van der Waals surface area contributed by atoms with Crippen molar-refractivity contribution in [2.24, 2.45) is 0 Å². The zero-order valence-corrected chi connectivity index (χ0v) is 37.4. The fourth-order valence-corrected chi connectivity index (χ4v) is 9.22. The first-order valence-electron chi connectivity index (χ1n) is 18.7. The van der Waals surface area contributed by atoms with Gasteiger partial charge in [0.1, 0.15) is 4.75 Å². The fraction of sp³-hybridized carbons (Fsp3) is 0.340. The van der Waals surface area contributed by atoms with Gasteiger partial charge < -0.3 is 18.9 Å². The van der Waals surface area contributed by atoms with Gasteiger partial charge in [-0.25, -0.2) is 0 Å². The molecule has 56 heavy (non-hydrogen) atoms. The Morgan fingerprint density at radius 2 is 1.30 bits per heavy atom. The summed E-state index contributed by atoms with van der Waals surface area (Å²) in [5.74, 6) is 3.20. The van der Waals surface area contributed by atoms with Crippen LogP contribution >= 0.6 is 51.1 Å². The molecule has 296 valence electrons. The van der Waals surface area contributed by atoms with Gasteiger partial charge in [-0.3, -0.25) is 0 Å². The summed E-state index contributed by atoms with van der Waals surface area (Å²) in [5.41, 5.74) is 6.62. The van der Waals surface area contributed by atoms with Crippen LogP contribution < -0.4 is 18.9 Å². The van der Waals surface area contributed by atoms with E-state index in [9.17, 15) is 5.26 Å². The maximum atomic E-state index is 10.5. The molecular formula is C47H53BrClNO4S2. The van der Waals surface area contributed by atoms with E-state index < -0.39 is 4.75 Å². The van der Waals surface area contributed by atoms with Gasteiger partial charge in [0.2, 0.25) is 0 Å². The number of para-hydroxylation sites is 1. The third kappa shape index (κ3) is 12.9. The first kappa shape index (κ1) is 45.0. The molecule has 0 fully saturated rings. The Morgan fingerprint density at radius 1 is 0.696 bits per heavy atom. The number of thioether (sulfide) groups is 2. The van der Waals surface area contributed by atoms with Crippen LogP contribution in [0.5, 0.6) is 23.0 Å². The molecule has 0 N–H and O–H groups in total. The predicted molar refractivity (Wildman–Crippen MR) is 240 cm³/mol. The monoisotopic (exact) mass is 873 g/mol. The molecule has 9 heteroatoms.